The number of carbonyl (C=O) groups excluding carboxylic acids is 3. The van der Waals surface area contributed by atoms with Crippen LogP contribution in [0, 0.1) is 0 Å². The van der Waals surface area contributed by atoms with Gasteiger partial charge in [0.05, 0.1) is 23.3 Å². The molecule has 8 rings (SSSR count). The molecule has 1 aliphatic carbocycles. The zero-order valence-corrected chi connectivity index (χ0v) is 40.0. The van der Waals surface area contributed by atoms with Gasteiger partial charge in [0.2, 0.25) is 11.8 Å². The Morgan fingerprint density at radius 1 is 0.634 bits per heavy atom. The van der Waals surface area contributed by atoms with Crippen molar-refractivity contribution in [1.82, 2.24) is 10.6 Å². The Hall–Kier alpha value is -7.73. The molecule has 0 aromatic heterocycles. The number of nitrogens with one attached hydrogen (secondary N) is 2. The van der Waals surface area contributed by atoms with E-state index in [-0.39, 0.29) is 37.7 Å². The molecule has 0 saturated carbocycles. The lowest BCUT2D eigenvalue weighted by atomic mass is 9.84. The van der Waals surface area contributed by atoms with Crippen molar-refractivity contribution >= 4 is 35.6 Å². The number of carbonyl (C=O) groups is 3. The second-order valence-corrected chi connectivity index (χ2v) is 18.6. The van der Waals surface area contributed by atoms with Gasteiger partial charge in [-0.05, 0) is 56.5 Å². The molecular formula is C60H56N3O7S-. The summed E-state index contributed by atoms with van der Waals surface area (Å²) in [6, 6.07) is 60.9. The number of hydrogen-bond donors (Lipinski definition) is 3. The Bertz CT molecular complexity index is 2740. The van der Waals surface area contributed by atoms with Crippen LogP contribution < -0.4 is 15.7 Å². The molecule has 1 aliphatic rings. The van der Waals surface area contributed by atoms with E-state index in [0.29, 0.717) is 0 Å². The SMILES string of the molecule is C=CCOC(=O)C[C@H](O)[C@@H](Cc1ccccc1)NC(=O)[C@@H](CSC(c1ccccc1)(c1ccccc1)c1ccccc1)NC(=O)[C@H](Cc1ccccc1)N=C([O-])OCC1c2ccccc2-c2ccccc21. The van der Waals surface area contributed by atoms with Gasteiger partial charge < -0.3 is 30.3 Å². The van der Waals surface area contributed by atoms with E-state index < -0.39 is 59.3 Å². The smallest absolute Gasteiger partial charge is 0.308 e. The van der Waals surface area contributed by atoms with Crippen LogP contribution in [0.2, 0.25) is 0 Å². The maximum Gasteiger partial charge on any atom is 0.308 e. The zero-order chi connectivity index (χ0) is 49.4. The Morgan fingerprint density at radius 2 is 1.10 bits per heavy atom. The third kappa shape index (κ3) is 12.4. The molecule has 7 aromatic rings. The first-order valence-corrected chi connectivity index (χ1v) is 24.7. The Labute approximate surface area is 419 Å². The summed E-state index contributed by atoms with van der Waals surface area (Å²) in [6.45, 7) is 3.57. The van der Waals surface area contributed by atoms with E-state index in [1.54, 1.807) is 0 Å². The largest absolute Gasteiger partial charge is 0.599 e. The van der Waals surface area contributed by atoms with Gasteiger partial charge in [0.15, 0.2) is 0 Å². The number of thioether (sulfide) groups is 1. The minimum Gasteiger partial charge on any atom is -0.599 e. The summed E-state index contributed by atoms with van der Waals surface area (Å²) in [7, 11) is 0. The first kappa shape index (κ1) is 49.7. The molecule has 0 unspecified atom stereocenters. The van der Waals surface area contributed by atoms with Gasteiger partial charge in [-0.3, -0.25) is 19.4 Å². The lowest BCUT2D eigenvalue weighted by Crippen LogP contribution is -2.56. The van der Waals surface area contributed by atoms with E-state index in [9.17, 15) is 19.8 Å². The van der Waals surface area contributed by atoms with Crippen molar-refractivity contribution in [3.05, 3.63) is 252 Å². The number of aliphatic hydroxyl groups is 1. The molecule has 360 valence electrons. The summed E-state index contributed by atoms with van der Waals surface area (Å²) < 4.78 is 10.2. The summed E-state index contributed by atoms with van der Waals surface area (Å²) in [5.41, 5.74) is 8.58. The molecule has 0 aliphatic heterocycles. The van der Waals surface area contributed by atoms with Crippen molar-refractivity contribution in [2.75, 3.05) is 19.0 Å². The van der Waals surface area contributed by atoms with Crippen LogP contribution in [0.5, 0.6) is 0 Å². The number of amides is 2. The van der Waals surface area contributed by atoms with Gasteiger partial charge in [-0.25, -0.2) is 0 Å². The maximum absolute atomic E-state index is 15.1. The monoisotopic (exact) mass is 962 g/mol. The van der Waals surface area contributed by atoms with E-state index in [1.165, 1.54) is 17.8 Å². The van der Waals surface area contributed by atoms with Gasteiger partial charge in [0, 0.05) is 24.7 Å². The van der Waals surface area contributed by atoms with Crippen molar-refractivity contribution < 1.29 is 34.1 Å². The maximum atomic E-state index is 15.1. The van der Waals surface area contributed by atoms with Crippen LogP contribution in [0.15, 0.2) is 218 Å². The summed E-state index contributed by atoms with van der Waals surface area (Å²) in [4.78, 5) is 47.3. The van der Waals surface area contributed by atoms with Crippen molar-refractivity contribution in [3.8, 4) is 11.1 Å². The van der Waals surface area contributed by atoms with Crippen molar-refractivity contribution in [1.29, 1.82) is 0 Å². The van der Waals surface area contributed by atoms with Crippen molar-refractivity contribution in [3.63, 3.8) is 0 Å². The molecule has 0 spiro atoms. The molecular weight excluding hydrogens is 907 g/mol. The summed E-state index contributed by atoms with van der Waals surface area (Å²) >= 11 is 1.46. The number of nitrogens with zero attached hydrogens (tertiary/aromatic N) is 1. The van der Waals surface area contributed by atoms with Gasteiger partial charge in [-0.2, -0.15) is 0 Å². The zero-order valence-electron chi connectivity index (χ0n) is 39.2. The normalized spacial score (nSPS) is 13.9. The van der Waals surface area contributed by atoms with Crippen LogP contribution in [0.25, 0.3) is 11.1 Å². The lowest BCUT2D eigenvalue weighted by Gasteiger charge is -2.37. The number of rotatable bonds is 22. The number of benzene rings is 7. The van der Waals surface area contributed by atoms with Crippen LogP contribution in [0.3, 0.4) is 0 Å². The van der Waals surface area contributed by atoms with E-state index in [2.05, 4.69) is 34.3 Å². The van der Waals surface area contributed by atoms with Crippen LogP contribution in [-0.2, 0) is 41.4 Å². The number of aliphatic imine (C=N–C) groups is 1. The molecule has 0 fully saturated rings. The van der Waals surface area contributed by atoms with E-state index in [1.807, 2.05) is 188 Å². The lowest BCUT2D eigenvalue weighted by molar-refractivity contribution is -0.251. The van der Waals surface area contributed by atoms with Crippen molar-refractivity contribution in [2.45, 2.75) is 54.2 Å². The Balaban J connectivity index is 1.14. The molecule has 0 saturated heterocycles. The standard InChI is InChI=1S/C60H57N3O7S/c1-2-36-69-56(65)39-55(64)52(37-42-22-8-3-9-23-42)61-58(67)54(41-71-60(44-26-12-5-13-27-44,45-28-14-6-15-29-45)46-30-16-7-17-31-46)62-57(66)53(38-43-24-10-4-11-25-43)63-59(68)70-40-51-49-34-20-18-32-47(49)48-33-19-21-35-50(48)51/h2-35,51-55,64H,1,36-41H2,(H,61,67)(H,62,66)(H,63,68)/p-1/t52-,53+,54-,55+/m1/s1. The third-order valence-corrected chi connectivity index (χ3v) is 14.3. The highest BCUT2D eigenvalue weighted by molar-refractivity contribution is 8.00. The number of aliphatic hydroxyl groups excluding tert-OH is 1. The number of fused-ring (bicyclic) bond motifs is 3. The fraction of sp³-hybridized carbons (Fsp3) is 0.200. The predicted octanol–water partition coefficient (Wildman–Crippen LogP) is 8.56. The summed E-state index contributed by atoms with van der Waals surface area (Å²) in [5, 5.41) is 31.6. The molecule has 10 nitrogen and oxygen atoms in total. The van der Waals surface area contributed by atoms with Gasteiger partial charge in [0.1, 0.15) is 24.8 Å². The first-order chi connectivity index (χ1) is 34.7. The molecule has 3 N–H and O–H groups in total. The van der Waals surface area contributed by atoms with Gasteiger partial charge in [-0.15, -0.1) is 11.8 Å². The van der Waals surface area contributed by atoms with Crippen LogP contribution >= 0.6 is 11.8 Å². The Kier molecular flexibility index (Phi) is 16.9. The number of ether oxygens (including phenoxy) is 2. The highest BCUT2D eigenvalue weighted by atomic mass is 32.2. The molecule has 11 heteroatoms. The summed E-state index contributed by atoms with van der Waals surface area (Å²) in [5.74, 6) is -2.18. The van der Waals surface area contributed by atoms with Gasteiger partial charge >= 0.3 is 5.97 Å². The van der Waals surface area contributed by atoms with Crippen LogP contribution in [-0.4, -0.2) is 72.2 Å². The average Bonchev–Trinajstić information content (AvgIpc) is 3.73. The quantitative estimate of drug-likeness (QED) is 0.0201. The fourth-order valence-electron chi connectivity index (χ4n) is 9.18. The molecule has 2 amide bonds. The Morgan fingerprint density at radius 3 is 1.61 bits per heavy atom. The molecule has 0 bridgehead atoms. The van der Waals surface area contributed by atoms with E-state index in [4.69, 9.17) is 9.47 Å². The summed E-state index contributed by atoms with van der Waals surface area (Å²) in [6.07, 6.45) is -1.07. The highest BCUT2D eigenvalue weighted by Crippen LogP contribution is 2.49. The number of hydrogen-bond acceptors (Lipinski definition) is 9. The van der Waals surface area contributed by atoms with Crippen LogP contribution in [0.4, 0.5) is 0 Å². The molecule has 4 atom stereocenters. The predicted molar refractivity (Wildman–Crippen MR) is 278 cm³/mol. The number of esters is 1. The molecule has 0 radical (unpaired) electrons. The minimum absolute atomic E-state index is 0.00447. The second kappa shape index (κ2) is 24.2. The van der Waals surface area contributed by atoms with E-state index in [0.717, 1.165) is 50.1 Å². The highest BCUT2D eigenvalue weighted by Gasteiger charge is 2.40. The first-order valence-electron chi connectivity index (χ1n) is 23.7. The second-order valence-electron chi connectivity index (χ2n) is 17.3. The molecule has 7 aromatic carbocycles. The van der Waals surface area contributed by atoms with Gasteiger partial charge in [-0.1, -0.05) is 213 Å². The minimum atomic E-state index is -1.37. The molecule has 0 heterocycles. The van der Waals surface area contributed by atoms with Crippen LogP contribution in [0.1, 0.15) is 51.3 Å². The molecule has 71 heavy (non-hydrogen) atoms. The fourth-order valence-corrected chi connectivity index (χ4v) is 10.7. The topological polar surface area (TPSA) is 149 Å². The third-order valence-electron chi connectivity index (χ3n) is 12.6. The van der Waals surface area contributed by atoms with Crippen molar-refractivity contribution in [2.24, 2.45) is 4.99 Å². The van der Waals surface area contributed by atoms with Gasteiger partial charge in [0.25, 0.3) is 0 Å². The van der Waals surface area contributed by atoms with E-state index >= 15 is 4.79 Å². The average molecular weight is 963 g/mol.